The van der Waals surface area contributed by atoms with Gasteiger partial charge in [-0.3, -0.25) is 9.59 Å². The van der Waals surface area contributed by atoms with Crippen LogP contribution in [0.2, 0.25) is 0 Å². The van der Waals surface area contributed by atoms with Crippen LogP contribution in [0.3, 0.4) is 0 Å². The normalized spacial score (nSPS) is 11.0. The number of amides is 2. The summed E-state index contributed by atoms with van der Waals surface area (Å²) in [4.78, 5) is 24.7. The highest BCUT2D eigenvalue weighted by Gasteiger charge is 2.17. The minimum absolute atomic E-state index is 0.0935. The van der Waals surface area contributed by atoms with Crippen LogP contribution in [-0.4, -0.2) is 48.6 Å². The van der Waals surface area contributed by atoms with Gasteiger partial charge in [0, 0.05) is 42.9 Å². The lowest BCUT2D eigenvalue weighted by Crippen LogP contribution is -2.35. The fourth-order valence-corrected chi connectivity index (χ4v) is 2.78. The minimum Gasteiger partial charge on any atom is -0.383 e. The summed E-state index contributed by atoms with van der Waals surface area (Å²) in [5.74, 6) is -0.743. The van der Waals surface area contributed by atoms with Crippen molar-refractivity contribution < 1.29 is 14.3 Å². The second kappa shape index (κ2) is 6.83. The number of methoxy groups -OCH3 is 1. The zero-order valence-corrected chi connectivity index (χ0v) is 14.0. The van der Waals surface area contributed by atoms with Gasteiger partial charge in [0.05, 0.1) is 13.2 Å². The molecular formula is C17H23N3O3. The number of likely N-dealkylation sites (N-methyl/N-ethyl adjacent to an activating group) is 1. The lowest BCUT2D eigenvalue weighted by Gasteiger charge is -2.15. The molecule has 0 saturated heterocycles. The van der Waals surface area contributed by atoms with E-state index >= 15 is 0 Å². The quantitative estimate of drug-likeness (QED) is 0.876. The van der Waals surface area contributed by atoms with Crippen LogP contribution in [0.5, 0.6) is 0 Å². The maximum absolute atomic E-state index is 12.4. The number of carbonyl (C=O) groups excluding carboxylic acids is 2. The van der Waals surface area contributed by atoms with E-state index < -0.39 is 5.91 Å². The average Bonchev–Trinajstić information content (AvgIpc) is 2.75. The SMILES string of the molecule is COCCn1c(C)c(C)c2cc(C(=O)N(C)CC(N)=O)ccc21. The number of benzene rings is 1. The van der Waals surface area contributed by atoms with Crippen molar-refractivity contribution >= 4 is 22.7 Å². The molecule has 2 rings (SSSR count). The summed E-state index contributed by atoms with van der Waals surface area (Å²) in [5.41, 5.74) is 9.07. The molecule has 0 radical (unpaired) electrons. The van der Waals surface area contributed by atoms with Crippen LogP contribution in [0.15, 0.2) is 18.2 Å². The molecule has 1 aromatic heterocycles. The first kappa shape index (κ1) is 17.0. The van der Waals surface area contributed by atoms with Gasteiger partial charge in [-0.2, -0.15) is 0 Å². The molecule has 6 nitrogen and oxygen atoms in total. The second-order valence-electron chi connectivity index (χ2n) is 5.71. The van der Waals surface area contributed by atoms with Gasteiger partial charge in [0.1, 0.15) is 0 Å². The van der Waals surface area contributed by atoms with Gasteiger partial charge in [0.2, 0.25) is 5.91 Å². The Morgan fingerprint density at radius 3 is 2.61 bits per heavy atom. The van der Waals surface area contributed by atoms with Gasteiger partial charge in [0.15, 0.2) is 0 Å². The molecule has 0 atom stereocenters. The summed E-state index contributed by atoms with van der Waals surface area (Å²) >= 11 is 0. The van der Waals surface area contributed by atoms with Crippen LogP contribution in [0.4, 0.5) is 0 Å². The van der Waals surface area contributed by atoms with Gasteiger partial charge >= 0.3 is 0 Å². The number of hydrogen-bond acceptors (Lipinski definition) is 3. The minimum atomic E-state index is -0.528. The Labute approximate surface area is 135 Å². The number of nitrogens with zero attached hydrogens (tertiary/aromatic N) is 2. The third-order valence-corrected chi connectivity index (χ3v) is 4.14. The van der Waals surface area contributed by atoms with Crippen LogP contribution in [0.1, 0.15) is 21.6 Å². The Morgan fingerprint density at radius 1 is 1.30 bits per heavy atom. The Bertz CT molecular complexity index is 749. The molecule has 2 amide bonds. The van der Waals surface area contributed by atoms with E-state index in [1.54, 1.807) is 20.2 Å². The van der Waals surface area contributed by atoms with Crippen molar-refractivity contribution in [2.45, 2.75) is 20.4 Å². The van der Waals surface area contributed by atoms with Crippen LogP contribution in [-0.2, 0) is 16.1 Å². The molecule has 0 aliphatic heterocycles. The van der Waals surface area contributed by atoms with Crippen LogP contribution in [0, 0.1) is 13.8 Å². The number of primary amides is 1. The highest BCUT2D eigenvalue weighted by Crippen LogP contribution is 2.26. The van der Waals surface area contributed by atoms with Crippen molar-refractivity contribution in [3.05, 3.63) is 35.0 Å². The number of rotatable bonds is 6. The number of hydrogen-bond donors (Lipinski definition) is 1. The monoisotopic (exact) mass is 317 g/mol. The van der Waals surface area contributed by atoms with Crippen LogP contribution in [0.25, 0.3) is 10.9 Å². The molecule has 0 fully saturated rings. The van der Waals surface area contributed by atoms with Gasteiger partial charge in [-0.15, -0.1) is 0 Å². The van der Waals surface area contributed by atoms with E-state index in [4.69, 9.17) is 10.5 Å². The molecule has 0 saturated carbocycles. The predicted octanol–water partition coefficient (Wildman–Crippen LogP) is 1.46. The Balaban J connectivity index is 2.41. The first-order valence-electron chi connectivity index (χ1n) is 7.49. The maximum Gasteiger partial charge on any atom is 0.254 e. The lowest BCUT2D eigenvalue weighted by atomic mass is 10.1. The van der Waals surface area contributed by atoms with Crippen molar-refractivity contribution in [1.29, 1.82) is 0 Å². The van der Waals surface area contributed by atoms with Crippen molar-refractivity contribution in [2.24, 2.45) is 5.73 Å². The summed E-state index contributed by atoms with van der Waals surface area (Å²) in [6.07, 6.45) is 0. The van der Waals surface area contributed by atoms with E-state index in [1.807, 2.05) is 19.1 Å². The molecule has 0 aliphatic carbocycles. The number of nitrogens with two attached hydrogens (primary N) is 1. The molecule has 1 aromatic carbocycles. The number of aryl methyl sites for hydroxylation is 1. The van der Waals surface area contributed by atoms with Crippen molar-refractivity contribution in [2.75, 3.05) is 27.3 Å². The zero-order valence-electron chi connectivity index (χ0n) is 14.0. The number of carbonyl (C=O) groups is 2. The smallest absolute Gasteiger partial charge is 0.254 e. The Hall–Kier alpha value is -2.34. The molecule has 2 N–H and O–H groups in total. The summed E-state index contributed by atoms with van der Waals surface area (Å²) in [5, 5.41) is 1.04. The fourth-order valence-electron chi connectivity index (χ4n) is 2.78. The maximum atomic E-state index is 12.4. The molecule has 0 spiro atoms. The topological polar surface area (TPSA) is 77.6 Å². The first-order valence-corrected chi connectivity index (χ1v) is 7.49. The molecule has 2 aromatic rings. The highest BCUT2D eigenvalue weighted by atomic mass is 16.5. The predicted molar refractivity (Wildman–Crippen MR) is 89.4 cm³/mol. The summed E-state index contributed by atoms with van der Waals surface area (Å²) in [6.45, 7) is 5.41. The van der Waals surface area contributed by atoms with E-state index in [1.165, 1.54) is 4.90 Å². The summed E-state index contributed by atoms with van der Waals surface area (Å²) in [7, 11) is 3.25. The van der Waals surface area contributed by atoms with Gasteiger partial charge in [-0.1, -0.05) is 0 Å². The second-order valence-corrected chi connectivity index (χ2v) is 5.71. The van der Waals surface area contributed by atoms with Crippen molar-refractivity contribution in [1.82, 2.24) is 9.47 Å². The summed E-state index contributed by atoms with van der Waals surface area (Å²) < 4.78 is 7.35. The molecule has 0 unspecified atom stereocenters. The zero-order chi connectivity index (χ0) is 17.1. The van der Waals surface area contributed by atoms with E-state index in [0.717, 1.165) is 28.7 Å². The Morgan fingerprint density at radius 2 is 2.00 bits per heavy atom. The van der Waals surface area contributed by atoms with Crippen molar-refractivity contribution in [3.8, 4) is 0 Å². The van der Waals surface area contributed by atoms with Crippen LogP contribution >= 0.6 is 0 Å². The lowest BCUT2D eigenvalue weighted by molar-refractivity contribution is -0.118. The van der Waals surface area contributed by atoms with Gasteiger partial charge in [0.25, 0.3) is 5.91 Å². The average molecular weight is 317 g/mol. The molecule has 124 valence electrons. The Kier molecular flexibility index (Phi) is 5.05. The number of aromatic nitrogens is 1. The number of fused-ring (bicyclic) bond motifs is 1. The molecule has 1 heterocycles. The third kappa shape index (κ3) is 3.37. The van der Waals surface area contributed by atoms with Crippen LogP contribution < -0.4 is 5.73 Å². The highest BCUT2D eigenvalue weighted by molar-refractivity contribution is 6.00. The fraction of sp³-hybridized carbons (Fsp3) is 0.412. The number of ether oxygens (including phenoxy) is 1. The van der Waals surface area contributed by atoms with E-state index in [2.05, 4.69) is 11.5 Å². The molecular weight excluding hydrogens is 294 g/mol. The van der Waals surface area contributed by atoms with Gasteiger partial charge in [-0.05, 0) is 37.6 Å². The van der Waals surface area contributed by atoms with Crippen molar-refractivity contribution in [3.63, 3.8) is 0 Å². The van der Waals surface area contributed by atoms with E-state index in [9.17, 15) is 9.59 Å². The molecule has 23 heavy (non-hydrogen) atoms. The standard InChI is InChI=1S/C17H23N3O3/c1-11-12(2)20(7-8-23-4)15-6-5-13(9-14(11)15)17(22)19(3)10-16(18)21/h5-6,9H,7-8,10H2,1-4H3,(H2,18,21). The van der Waals surface area contributed by atoms with E-state index in [-0.39, 0.29) is 12.5 Å². The molecule has 0 bridgehead atoms. The molecule has 0 aliphatic rings. The van der Waals surface area contributed by atoms with Gasteiger partial charge < -0.3 is 19.9 Å². The first-order chi connectivity index (χ1) is 10.9. The van der Waals surface area contributed by atoms with E-state index in [0.29, 0.717) is 12.2 Å². The largest absolute Gasteiger partial charge is 0.383 e. The molecule has 6 heteroatoms. The van der Waals surface area contributed by atoms with Gasteiger partial charge in [-0.25, -0.2) is 0 Å². The third-order valence-electron chi connectivity index (χ3n) is 4.14. The summed E-state index contributed by atoms with van der Waals surface area (Å²) in [6, 6.07) is 5.60.